The lowest BCUT2D eigenvalue weighted by atomic mass is 10.1. The van der Waals surface area contributed by atoms with E-state index in [1.807, 2.05) is 0 Å². The Labute approximate surface area is 185 Å². The van der Waals surface area contributed by atoms with Gasteiger partial charge in [-0.3, -0.25) is 24.7 Å². The van der Waals surface area contributed by atoms with Gasteiger partial charge in [0.15, 0.2) is 0 Å². The fourth-order valence-electron chi connectivity index (χ4n) is 3.23. The topological polar surface area (TPSA) is 114 Å². The molecule has 3 rings (SSSR count). The number of carbonyl (C=O) groups is 2. The average molecular weight is 438 g/mol. The standard InChI is InChI=1S/C23H26N4O5/c1-23(2,3)32-22(30)27(18-7-10-24-11-8-18)13-4-12-26-14-9-16-5-6-17(20(28)25-31)15-19(16)21(26)29/h5-11,14-15,31H,4,12-13H2,1-3H3,(H,25,28). The highest BCUT2D eigenvalue weighted by Gasteiger charge is 2.23. The molecule has 9 heteroatoms. The number of rotatable bonds is 6. The Morgan fingerprint density at radius 1 is 1.16 bits per heavy atom. The van der Waals surface area contributed by atoms with Gasteiger partial charge in [0.1, 0.15) is 5.60 Å². The molecule has 2 aromatic heterocycles. The predicted octanol–water partition coefficient (Wildman–Crippen LogP) is 3.35. The maximum absolute atomic E-state index is 12.9. The van der Waals surface area contributed by atoms with Crippen molar-refractivity contribution in [2.75, 3.05) is 11.4 Å². The Kier molecular flexibility index (Phi) is 6.89. The number of ether oxygens (including phenoxy) is 1. The number of hydrogen-bond acceptors (Lipinski definition) is 6. The molecule has 0 radical (unpaired) electrons. The summed E-state index contributed by atoms with van der Waals surface area (Å²) in [5, 5.41) is 9.89. The van der Waals surface area contributed by atoms with E-state index in [9.17, 15) is 14.4 Å². The van der Waals surface area contributed by atoms with E-state index in [1.165, 1.54) is 21.6 Å². The number of benzene rings is 1. The molecule has 0 bridgehead atoms. The second kappa shape index (κ2) is 9.61. The summed E-state index contributed by atoms with van der Waals surface area (Å²) in [4.78, 5) is 42.8. The number of nitrogens with one attached hydrogen (secondary N) is 1. The normalized spacial score (nSPS) is 11.2. The van der Waals surface area contributed by atoms with Gasteiger partial charge in [0.2, 0.25) is 0 Å². The number of anilines is 1. The SMILES string of the molecule is CC(C)(C)OC(=O)N(CCCn1ccc2ccc(C(=O)NO)cc2c1=O)c1ccncc1. The molecule has 9 nitrogen and oxygen atoms in total. The van der Waals surface area contributed by atoms with Crippen molar-refractivity contribution in [2.24, 2.45) is 0 Å². The molecule has 32 heavy (non-hydrogen) atoms. The number of carbonyl (C=O) groups excluding carboxylic acids is 2. The smallest absolute Gasteiger partial charge is 0.414 e. The Hall–Kier alpha value is -3.72. The van der Waals surface area contributed by atoms with E-state index in [4.69, 9.17) is 9.94 Å². The summed E-state index contributed by atoms with van der Waals surface area (Å²) >= 11 is 0. The third-order valence-corrected chi connectivity index (χ3v) is 4.71. The molecule has 0 saturated carbocycles. The van der Waals surface area contributed by atoms with Gasteiger partial charge < -0.3 is 9.30 Å². The van der Waals surface area contributed by atoms with Gasteiger partial charge in [-0.05, 0) is 62.9 Å². The van der Waals surface area contributed by atoms with E-state index in [-0.39, 0.29) is 11.1 Å². The summed E-state index contributed by atoms with van der Waals surface area (Å²) in [7, 11) is 0. The maximum atomic E-state index is 12.9. The predicted molar refractivity (Wildman–Crippen MR) is 120 cm³/mol. The number of aryl methyl sites for hydroxylation is 1. The summed E-state index contributed by atoms with van der Waals surface area (Å²) in [5.41, 5.74) is 1.50. The first-order chi connectivity index (χ1) is 15.2. The Morgan fingerprint density at radius 3 is 2.53 bits per heavy atom. The second-order valence-electron chi connectivity index (χ2n) is 8.25. The van der Waals surface area contributed by atoms with Crippen molar-refractivity contribution in [1.82, 2.24) is 15.0 Å². The van der Waals surface area contributed by atoms with E-state index in [2.05, 4.69) is 4.98 Å². The van der Waals surface area contributed by atoms with Crippen molar-refractivity contribution in [1.29, 1.82) is 0 Å². The highest BCUT2D eigenvalue weighted by Crippen LogP contribution is 2.18. The third kappa shape index (κ3) is 5.50. The first kappa shape index (κ1) is 23.0. The number of nitrogens with zero attached hydrogens (tertiary/aromatic N) is 3. The molecule has 2 N–H and O–H groups in total. The van der Waals surface area contributed by atoms with Gasteiger partial charge in [-0.15, -0.1) is 0 Å². The summed E-state index contributed by atoms with van der Waals surface area (Å²) in [6, 6.07) is 9.86. The average Bonchev–Trinajstić information content (AvgIpc) is 2.76. The van der Waals surface area contributed by atoms with Crippen LogP contribution in [-0.2, 0) is 11.3 Å². The molecule has 168 valence electrons. The van der Waals surface area contributed by atoms with Gasteiger partial charge in [0, 0.05) is 42.6 Å². The van der Waals surface area contributed by atoms with Gasteiger partial charge in [0.05, 0.1) is 5.69 Å². The van der Waals surface area contributed by atoms with Crippen molar-refractivity contribution in [3.8, 4) is 0 Å². The first-order valence-electron chi connectivity index (χ1n) is 10.2. The summed E-state index contributed by atoms with van der Waals surface area (Å²) in [6.45, 7) is 6.09. The Bertz CT molecular complexity index is 1170. The number of pyridine rings is 2. The number of aromatic nitrogens is 2. The number of hydroxylamine groups is 1. The molecule has 2 heterocycles. The van der Waals surface area contributed by atoms with E-state index in [0.29, 0.717) is 36.0 Å². The van der Waals surface area contributed by atoms with Gasteiger partial charge in [-0.1, -0.05) is 6.07 Å². The van der Waals surface area contributed by atoms with Crippen LogP contribution in [0.25, 0.3) is 10.8 Å². The summed E-state index contributed by atoms with van der Waals surface area (Å²) < 4.78 is 7.05. The highest BCUT2D eigenvalue weighted by molar-refractivity contribution is 5.97. The van der Waals surface area contributed by atoms with Crippen LogP contribution in [0.5, 0.6) is 0 Å². The molecule has 0 spiro atoms. The van der Waals surface area contributed by atoms with E-state index in [1.54, 1.807) is 69.1 Å². The van der Waals surface area contributed by atoms with Crippen molar-refractivity contribution in [2.45, 2.75) is 39.3 Å². The quantitative estimate of drug-likeness (QED) is 0.451. The van der Waals surface area contributed by atoms with Crippen LogP contribution in [0.1, 0.15) is 37.6 Å². The molecular formula is C23H26N4O5. The molecular weight excluding hydrogens is 412 g/mol. The second-order valence-corrected chi connectivity index (χ2v) is 8.25. The number of amides is 2. The molecule has 0 aliphatic rings. The number of hydrogen-bond donors (Lipinski definition) is 2. The highest BCUT2D eigenvalue weighted by atomic mass is 16.6. The van der Waals surface area contributed by atoms with E-state index < -0.39 is 17.6 Å². The molecule has 1 aromatic carbocycles. The van der Waals surface area contributed by atoms with E-state index in [0.717, 1.165) is 0 Å². The number of fused-ring (bicyclic) bond motifs is 1. The zero-order valence-corrected chi connectivity index (χ0v) is 18.2. The fourth-order valence-corrected chi connectivity index (χ4v) is 3.23. The lowest BCUT2D eigenvalue weighted by Crippen LogP contribution is -2.38. The van der Waals surface area contributed by atoms with Crippen LogP contribution >= 0.6 is 0 Å². The largest absolute Gasteiger partial charge is 0.443 e. The summed E-state index contributed by atoms with van der Waals surface area (Å²) in [5.74, 6) is -0.688. The Balaban J connectivity index is 1.79. The van der Waals surface area contributed by atoms with Crippen LogP contribution in [-0.4, -0.2) is 38.9 Å². The van der Waals surface area contributed by atoms with Crippen molar-refractivity contribution >= 4 is 28.5 Å². The minimum absolute atomic E-state index is 0.184. The van der Waals surface area contributed by atoms with Crippen molar-refractivity contribution in [3.05, 3.63) is 70.9 Å². The molecule has 0 saturated heterocycles. The van der Waals surface area contributed by atoms with Crippen LogP contribution in [0.3, 0.4) is 0 Å². The minimum Gasteiger partial charge on any atom is -0.443 e. The van der Waals surface area contributed by atoms with E-state index >= 15 is 0 Å². The molecule has 0 aliphatic carbocycles. The minimum atomic E-state index is -0.688. The summed E-state index contributed by atoms with van der Waals surface area (Å²) in [6.07, 6.45) is 4.89. The zero-order chi connectivity index (χ0) is 23.3. The molecule has 0 unspecified atom stereocenters. The van der Waals surface area contributed by atoms with Gasteiger partial charge in [0.25, 0.3) is 11.5 Å². The molecule has 0 aliphatic heterocycles. The lowest BCUT2D eigenvalue weighted by molar-refractivity contribution is 0.0579. The van der Waals surface area contributed by atoms with Gasteiger partial charge in [-0.25, -0.2) is 10.3 Å². The van der Waals surface area contributed by atoms with Crippen LogP contribution in [0, 0.1) is 0 Å². The van der Waals surface area contributed by atoms with Crippen LogP contribution in [0.15, 0.2) is 59.8 Å². The molecule has 0 atom stereocenters. The molecule has 0 fully saturated rings. The fraction of sp³-hybridized carbons (Fsp3) is 0.304. The van der Waals surface area contributed by atoms with Crippen molar-refractivity contribution in [3.63, 3.8) is 0 Å². The maximum Gasteiger partial charge on any atom is 0.414 e. The Morgan fingerprint density at radius 2 is 1.88 bits per heavy atom. The van der Waals surface area contributed by atoms with Gasteiger partial charge in [-0.2, -0.15) is 0 Å². The van der Waals surface area contributed by atoms with Gasteiger partial charge >= 0.3 is 6.09 Å². The monoisotopic (exact) mass is 438 g/mol. The lowest BCUT2D eigenvalue weighted by Gasteiger charge is -2.27. The van der Waals surface area contributed by atoms with Crippen molar-refractivity contribution < 1.29 is 19.5 Å². The third-order valence-electron chi connectivity index (χ3n) is 4.71. The van der Waals surface area contributed by atoms with Crippen LogP contribution < -0.4 is 15.9 Å². The van der Waals surface area contributed by atoms with Crippen LogP contribution in [0.2, 0.25) is 0 Å². The molecule has 2 amide bonds. The first-order valence-corrected chi connectivity index (χ1v) is 10.2. The zero-order valence-electron chi connectivity index (χ0n) is 18.2. The molecule has 3 aromatic rings. The van der Waals surface area contributed by atoms with Crippen LogP contribution in [0.4, 0.5) is 10.5 Å².